The Kier molecular flexibility index (Phi) is 9.86. The normalized spacial score (nSPS) is 14.0. The third-order valence-corrected chi connectivity index (χ3v) is 4.25. The van der Waals surface area contributed by atoms with Gasteiger partial charge in [0.25, 0.3) is 0 Å². The molecule has 0 fully saturated rings. The molecule has 1 aromatic carbocycles. The Hall–Kier alpha value is -1.30. The summed E-state index contributed by atoms with van der Waals surface area (Å²) in [6, 6.07) is 6.33. The summed E-state index contributed by atoms with van der Waals surface area (Å²) in [4.78, 5) is 2.28. The first kappa shape index (κ1) is 21.7. The van der Waals surface area contributed by atoms with Crippen molar-refractivity contribution >= 4 is 0 Å². The largest absolute Gasteiger partial charge is 0.493 e. The van der Waals surface area contributed by atoms with Crippen LogP contribution in [0.25, 0.3) is 0 Å². The van der Waals surface area contributed by atoms with Crippen LogP contribution >= 0.6 is 0 Å². The van der Waals surface area contributed by atoms with Gasteiger partial charge < -0.3 is 19.3 Å². The Morgan fingerprint density at radius 3 is 2.28 bits per heavy atom. The monoisotopic (exact) mass is 353 g/mol. The van der Waals surface area contributed by atoms with Crippen LogP contribution in [0, 0.1) is 5.92 Å². The molecule has 0 bridgehead atoms. The fourth-order valence-electron chi connectivity index (χ4n) is 2.64. The van der Waals surface area contributed by atoms with Gasteiger partial charge in [-0.1, -0.05) is 26.8 Å². The predicted molar refractivity (Wildman–Crippen MR) is 101 cm³/mol. The lowest BCUT2D eigenvalue weighted by Crippen LogP contribution is -2.40. The van der Waals surface area contributed by atoms with Crippen molar-refractivity contribution in [2.24, 2.45) is 5.92 Å². The van der Waals surface area contributed by atoms with Crippen molar-refractivity contribution in [1.82, 2.24) is 4.90 Å². The van der Waals surface area contributed by atoms with Gasteiger partial charge >= 0.3 is 0 Å². The number of aliphatic hydroxyl groups excluding tert-OH is 1. The van der Waals surface area contributed by atoms with Crippen molar-refractivity contribution in [3.8, 4) is 11.5 Å². The fourth-order valence-corrected chi connectivity index (χ4v) is 2.64. The maximum atomic E-state index is 10.3. The molecule has 0 saturated carbocycles. The van der Waals surface area contributed by atoms with Gasteiger partial charge in [0.05, 0.1) is 26.9 Å². The molecule has 0 aromatic heterocycles. The van der Waals surface area contributed by atoms with Crippen molar-refractivity contribution in [3.63, 3.8) is 0 Å². The second-order valence-corrected chi connectivity index (χ2v) is 6.96. The van der Waals surface area contributed by atoms with Gasteiger partial charge in [0.15, 0.2) is 11.5 Å². The third kappa shape index (κ3) is 7.63. The predicted octanol–water partition coefficient (Wildman–Crippen LogP) is 3.34. The van der Waals surface area contributed by atoms with Gasteiger partial charge in [0.2, 0.25) is 0 Å². The van der Waals surface area contributed by atoms with Crippen molar-refractivity contribution in [2.75, 3.05) is 34.0 Å². The van der Waals surface area contributed by atoms with Crippen LogP contribution in [0.1, 0.15) is 39.7 Å². The summed E-state index contributed by atoms with van der Waals surface area (Å²) in [6.45, 7) is 10.9. The molecule has 0 heterocycles. The van der Waals surface area contributed by atoms with E-state index in [0.29, 0.717) is 31.7 Å². The second kappa shape index (κ2) is 11.3. The van der Waals surface area contributed by atoms with Crippen LogP contribution in [-0.4, -0.2) is 56.1 Å². The maximum Gasteiger partial charge on any atom is 0.161 e. The van der Waals surface area contributed by atoms with Crippen LogP contribution in [-0.2, 0) is 11.3 Å². The van der Waals surface area contributed by atoms with Gasteiger partial charge in [-0.25, -0.2) is 0 Å². The molecule has 144 valence electrons. The van der Waals surface area contributed by atoms with E-state index in [4.69, 9.17) is 14.2 Å². The lowest BCUT2D eigenvalue weighted by atomic mass is 10.1. The Labute approximate surface area is 152 Å². The number of hydrogen-bond donors (Lipinski definition) is 1. The van der Waals surface area contributed by atoms with E-state index in [2.05, 4.69) is 32.6 Å². The maximum absolute atomic E-state index is 10.3. The van der Waals surface area contributed by atoms with E-state index in [-0.39, 0.29) is 0 Å². The summed E-state index contributed by atoms with van der Waals surface area (Å²) in [5.41, 5.74) is 1.13. The molecule has 0 unspecified atom stereocenters. The molecule has 2 atom stereocenters. The highest BCUT2D eigenvalue weighted by Crippen LogP contribution is 2.28. The third-order valence-electron chi connectivity index (χ3n) is 4.25. The summed E-state index contributed by atoms with van der Waals surface area (Å²) in [6.07, 6.45) is 0.528. The SMILES string of the molecule is CC[C@H](C)N(Cc1ccc(OC)c(OC)c1)C[C@H](O)COCC(C)C. The molecule has 25 heavy (non-hydrogen) atoms. The quantitative estimate of drug-likeness (QED) is 0.625. The Bertz CT molecular complexity index is 493. The zero-order valence-electron chi connectivity index (χ0n) is 16.6. The molecule has 0 amide bonds. The second-order valence-electron chi connectivity index (χ2n) is 6.96. The molecule has 5 nitrogen and oxygen atoms in total. The average molecular weight is 354 g/mol. The molecule has 5 heteroatoms. The van der Waals surface area contributed by atoms with Crippen molar-refractivity contribution < 1.29 is 19.3 Å². The molecule has 0 spiro atoms. The highest BCUT2D eigenvalue weighted by molar-refractivity contribution is 5.42. The van der Waals surface area contributed by atoms with Gasteiger partial charge in [0.1, 0.15) is 0 Å². The van der Waals surface area contributed by atoms with Crippen LogP contribution in [0.15, 0.2) is 18.2 Å². The van der Waals surface area contributed by atoms with Crippen LogP contribution in [0.2, 0.25) is 0 Å². The highest BCUT2D eigenvalue weighted by Gasteiger charge is 2.18. The molecule has 0 aliphatic heterocycles. The van der Waals surface area contributed by atoms with E-state index < -0.39 is 6.10 Å². The Morgan fingerprint density at radius 1 is 1.04 bits per heavy atom. The highest BCUT2D eigenvalue weighted by atomic mass is 16.5. The molecule has 0 aliphatic rings. The fraction of sp³-hybridized carbons (Fsp3) is 0.700. The van der Waals surface area contributed by atoms with Crippen LogP contribution < -0.4 is 9.47 Å². The summed E-state index contributed by atoms with van der Waals surface area (Å²) in [5.74, 6) is 1.93. The van der Waals surface area contributed by atoms with Gasteiger partial charge in [-0.3, -0.25) is 4.90 Å². The van der Waals surface area contributed by atoms with Gasteiger partial charge in [0, 0.05) is 25.7 Å². The van der Waals surface area contributed by atoms with Crippen molar-refractivity contribution in [2.45, 2.75) is 52.8 Å². The van der Waals surface area contributed by atoms with Crippen molar-refractivity contribution in [1.29, 1.82) is 0 Å². The van der Waals surface area contributed by atoms with Crippen LogP contribution in [0.4, 0.5) is 0 Å². The molecule has 1 aromatic rings. The number of methoxy groups -OCH3 is 2. The van der Waals surface area contributed by atoms with Gasteiger partial charge in [-0.2, -0.15) is 0 Å². The lowest BCUT2D eigenvalue weighted by molar-refractivity contribution is 0.000111. The molecule has 0 saturated heterocycles. The molecule has 1 N–H and O–H groups in total. The molecular weight excluding hydrogens is 318 g/mol. The smallest absolute Gasteiger partial charge is 0.161 e. The number of aliphatic hydroxyl groups is 1. The summed E-state index contributed by atoms with van der Waals surface area (Å²) in [5, 5.41) is 10.3. The zero-order chi connectivity index (χ0) is 18.8. The standard InChI is InChI=1S/C20H35NO4/c1-7-16(4)21(12-18(22)14-25-13-15(2)3)11-17-8-9-19(23-5)20(10-17)24-6/h8-10,15-16,18,22H,7,11-14H2,1-6H3/t16-,18-/m0/s1. The van der Waals surface area contributed by atoms with Gasteiger partial charge in [-0.05, 0) is 37.0 Å². The summed E-state index contributed by atoms with van der Waals surface area (Å²) in [7, 11) is 3.28. The number of ether oxygens (including phenoxy) is 3. The first-order chi connectivity index (χ1) is 11.9. The van der Waals surface area contributed by atoms with E-state index in [1.165, 1.54) is 0 Å². The van der Waals surface area contributed by atoms with E-state index in [1.807, 2.05) is 18.2 Å². The summed E-state index contributed by atoms with van der Waals surface area (Å²) >= 11 is 0. The number of rotatable bonds is 12. The minimum Gasteiger partial charge on any atom is -0.493 e. The first-order valence-corrected chi connectivity index (χ1v) is 9.11. The molecular formula is C20H35NO4. The van der Waals surface area contributed by atoms with Crippen LogP contribution in [0.5, 0.6) is 11.5 Å². The minimum atomic E-state index is -0.493. The summed E-state index contributed by atoms with van der Waals surface area (Å²) < 4.78 is 16.3. The Balaban J connectivity index is 2.72. The van der Waals surface area contributed by atoms with E-state index in [9.17, 15) is 5.11 Å². The van der Waals surface area contributed by atoms with Crippen molar-refractivity contribution in [3.05, 3.63) is 23.8 Å². The average Bonchev–Trinajstić information content (AvgIpc) is 2.59. The van der Waals surface area contributed by atoms with Gasteiger partial charge in [-0.15, -0.1) is 0 Å². The Morgan fingerprint density at radius 2 is 1.72 bits per heavy atom. The molecule has 1 rings (SSSR count). The van der Waals surface area contributed by atoms with E-state index >= 15 is 0 Å². The topological polar surface area (TPSA) is 51.2 Å². The van der Waals surface area contributed by atoms with Crippen LogP contribution in [0.3, 0.4) is 0 Å². The molecule has 0 radical (unpaired) electrons. The number of benzene rings is 1. The first-order valence-electron chi connectivity index (χ1n) is 9.11. The molecule has 0 aliphatic carbocycles. The van der Waals surface area contributed by atoms with E-state index in [0.717, 1.165) is 30.0 Å². The lowest BCUT2D eigenvalue weighted by Gasteiger charge is -2.30. The zero-order valence-corrected chi connectivity index (χ0v) is 16.6. The minimum absolute atomic E-state index is 0.368. The van der Waals surface area contributed by atoms with E-state index in [1.54, 1.807) is 14.2 Å². The number of hydrogen-bond acceptors (Lipinski definition) is 5. The number of nitrogens with zero attached hydrogens (tertiary/aromatic N) is 1.